The van der Waals surface area contributed by atoms with Crippen molar-refractivity contribution in [2.24, 2.45) is 5.10 Å². The highest BCUT2D eigenvalue weighted by Gasteiger charge is 1.92. The Bertz CT molecular complexity index is 449. The molecule has 15 heavy (non-hydrogen) atoms. The van der Waals surface area contributed by atoms with Crippen LogP contribution in [0.25, 0.3) is 0 Å². The van der Waals surface area contributed by atoms with Crippen molar-refractivity contribution in [3.63, 3.8) is 0 Å². The van der Waals surface area contributed by atoms with Crippen molar-refractivity contribution in [2.45, 2.75) is 6.92 Å². The summed E-state index contributed by atoms with van der Waals surface area (Å²) >= 11 is 1.70. The van der Waals surface area contributed by atoms with Gasteiger partial charge in [0, 0.05) is 22.1 Å². The lowest BCUT2D eigenvalue weighted by Crippen LogP contribution is -1.92. The van der Waals surface area contributed by atoms with E-state index in [4.69, 9.17) is 0 Å². The van der Waals surface area contributed by atoms with Crippen molar-refractivity contribution in [3.8, 4) is 0 Å². The van der Waals surface area contributed by atoms with E-state index in [9.17, 15) is 0 Å². The Morgan fingerprint density at radius 2 is 2.33 bits per heavy atom. The highest BCUT2D eigenvalue weighted by atomic mass is 32.1. The Balaban J connectivity index is 1.96. The lowest BCUT2D eigenvalue weighted by atomic mass is 10.4. The SMILES string of the molecule is Cc1ccc(C=NNc2cnccn2)s1. The number of hydrogen-bond acceptors (Lipinski definition) is 5. The van der Waals surface area contributed by atoms with Gasteiger partial charge in [0.2, 0.25) is 0 Å². The molecule has 2 heterocycles. The van der Waals surface area contributed by atoms with Crippen molar-refractivity contribution in [1.29, 1.82) is 0 Å². The van der Waals surface area contributed by atoms with E-state index in [0.29, 0.717) is 5.82 Å². The van der Waals surface area contributed by atoms with Gasteiger partial charge in [-0.05, 0) is 19.1 Å². The number of hydrazone groups is 1. The molecule has 0 aromatic carbocycles. The third kappa shape index (κ3) is 2.85. The van der Waals surface area contributed by atoms with Gasteiger partial charge in [0.25, 0.3) is 0 Å². The Labute approximate surface area is 91.7 Å². The van der Waals surface area contributed by atoms with Crippen molar-refractivity contribution in [3.05, 3.63) is 40.5 Å². The van der Waals surface area contributed by atoms with E-state index in [1.165, 1.54) is 4.88 Å². The zero-order chi connectivity index (χ0) is 10.5. The number of anilines is 1. The first kappa shape index (κ1) is 9.79. The van der Waals surface area contributed by atoms with Gasteiger partial charge in [-0.25, -0.2) is 4.98 Å². The third-order valence-corrected chi connectivity index (χ3v) is 2.63. The van der Waals surface area contributed by atoms with Gasteiger partial charge in [0.05, 0.1) is 12.4 Å². The monoisotopic (exact) mass is 218 g/mol. The first-order chi connectivity index (χ1) is 7.34. The number of nitrogens with zero attached hydrogens (tertiary/aromatic N) is 3. The molecule has 0 spiro atoms. The molecule has 0 aliphatic rings. The minimum Gasteiger partial charge on any atom is -0.260 e. The minimum absolute atomic E-state index is 0.641. The zero-order valence-electron chi connectivity index (χ0n) is 8.21. The second kappa shape index (κ2) is 4.65. The topological polar surface area (TPSA) is 50.2 Å². The van der Waals surface area contributed by atoms with E-state index in [1.54, 1.807) is 36.1 Å². The molecule has 2 aromatic heterocycles. The summed E-state index contributed by atoms with van der Waals surface area (Å²) in [6.45, 7) is 2.07. The Hall–Kier alpha value is -1.75. The highest BCUT2D eigenvalue weighted by molar-refractivity contribution is 7.13. The maximum atomic E-state index is 4.06. The van der Waals surface area contributed by atoms with Crippen molar-refractivity contribution in [1.82, 2.24) is 9.97 Å². The first-order valence-corrected chi connectivity index (χ1v) is 5.28. The Morgan fingerprint density at radius 1 is 1.40 bits per heavy atom. The fraction of sp³-hybridized carbons (Fsp3) is 0.100. The molecule has 1 N–H and O–H groups in total. The minimum atomic E-state index is 0.641. The van der Waals surface area contributed by atoms with Crippen LogP contribution >= 0.6 is 11.3 Å². The summed E-state index contributed by atoms with van der Waals surface area (Å²) in [5.74, 6) is 0.641. The number of nitrogens with one attached hydrogen (secondary N) is 1. The van der Waals surface area contributed by atoms with E-state index in [-0.39, 0.29) is 0 Å². The molecule has 76 valence electrons. The van der Waals surface area contributed by atoms with Crippen LogP contribution in [0.4, 0.5) is 5.82 Å². The summed E-state index contributed by atoms with van der Waals surface area (Å²) in [5.41, 5.74) is 2.80. The van der Waals surface area contributed by atoms with Crippen LogP contribution in [0.2, 0.25) is 0 Å². The Kier molecular flexibility index (Phi) is 3.04. The number of hydrogen-bond donors (Lipinski definition) is 1. The second-order valence-corrected chi connectivity index (χ2v) is 4.23. The van der Waals surface area contributed by atoms with Gasteiger partial charge in [-0.1, -0.05) is 0 Å². The molecule has 0 radical (unpaired) electrons. The third-order valence-electron chi connectivity index (χ3n) is 1.70. The maximum Gasteiger partial charge on any atom is 0.164 e. The zero-order valence-corrected chi connectivity index (χ0v) is 9.03. The van der Waals surface area contributed by atoms with Crippen LogP contribution in [0.1, 0.15) is 9.75 Å². The molecular formula is C10H10N4S. The number of rotatable bonds is 3. The average Bonchev–Trinajstić information content (AvgIpc) is 2.66. The van der Waals surface area contributed by atoms with E-state index >= 15 is 0 Å². The second-order valence-electron chi connectivity index (χ2n) is 2.91. The van der Waals surface area contributed by atoms with E-state index in [2.05, 4.69) is 33.5 Å². The summed E-state index contributed by atoms with van der Waals surface area (Å²) in [5, 5.41) is 4.06. The molecule has 4 nitrogen and oxygen atoms in total. The van der Waals surface area contributed by atoms with Crippen LogP contribution in [-0.4, -0.2) is 16.2 Å². The van der Waals surface area contributed by atoms with Crippen LogP contribution in [0.15, 0.2) is 35.8 Å². The highest BCUT2D eigenvalue weighted by Crippen LogP contribution is 2.12. The molecule has 0 aliphatic carbocycles. The fourth-order valence-electron chi connectivity index (χ4n) is 1.04. The normalized spacial score (nSPS) is 10.7. The molecule has 0 unspecified atom stereocenters. The molecule has 0 amide bonds. The lowest BCUT2D eigenvalue weighted by molar-refractivity contribution is 1.16. The molecule has 0 saturated carbocycles. The molecular weight excluding hydrogens is 208 g/mol. The Morgan fingerprint density at radius 3 is 3.00 bits per heavy atom. The molecule has 0 atom stereocenters. The quantitative estimate of drug-likeness (QED) is 0.635. The van der Waals surface area contributed by atoms with Gasteiger partial charge in [-0.15, -0.1) is 11.3 Å². The number of aryl methyl sites for hydroxylation is 1. The summed E-state index contributed by atoms with van der Waals surface area (Å²) in [6.07, 6.45) is 6.63. The van der Waals surface area contributed by atoms with E-state index in [0.717, 1.165) is 4.88 Å². The lowest BCUT2D eigenvalue weighted by Gasteiger charge is -1.95. The fourth-order valence-corrected chi connectivity index (χ4v) is 1.79. The van der Waals surface area contributed by atoms with Crippen LogP contribution in [-0.2, 0) is 0 Å². The smallest absolute Gasteiger partial charge is 0.164 e. The molecule has 5 heteroatoms. The molecule has 2 rings (SSSR count). The van der Waals surface area contributed by atoms with Gasteiger partial charge < -0.3 is 0 Å². The molecule has 0 aliphatic heterocycles. The number of thiophene rings is 1. The molecule has 2 aromatic rings. The van der Waals surface area contributed by atoms with Crippen molar-refractivity contribution >= 4 is 23.4 Å². The van der Waals surface area contributed by atoms with Crippen LogP contribution in [0.3, 0.4) is 0 Å². The predicted octanol–water partition coefficient (Wildman–Crippen LogP) is 2.29. The summed E-state index contributed by atoms with van der Waals surface area (Å²) in [4.78, 5) is 10.3. The number of aromatic nitrogens is 2. The standard InChI is InChI=1S/C10H10N4S/c1-8-2-3-9(15-8)6-13-14-10-7-11-4-5-12-10/h2-7H,1H3,(H,12,14). The van der Waals surface area contributed by atoms with Crippen LogP contribution < -0.4 is 5.43 Å². The maximum absolute atomic E-state index is 4.06. The summed E-state index contributed by atoms with van der Waals surface area (Å²) < 4.78 is 0. The molecule has 0 saturated heterocycles. The molecule has 0 bridgehead atoms. The van der Waals surface area contributed by atoms with Crippen LogP contribution in [0, 0.1) is 6.92 Å². The van der Waals surface area contributed by atoms with Gasteiger partial charge in [-0.3, -0.25) is 10.4 Å². The van der Waals surface area contributed by atoms with Gasteiger partial charge in [0.1, 0.15) is 0 Å². The predicted molar refractivity (Wildman–Crippen MR) is 62.3 cm³/mol. The van der Waals surface area contributed by atoms with E-state index < -0.39 is 0 Å². The largest absolute Gasteiger partial charge is 0.260 e. The summed E-state index contributed by atoms with van der Waals surface area (Å²) in [7, 11) is 0. The average molecular weight is 218 g/mol. The van der Waals surface area contributed by atoms with Gasteiger partial charge in [0.15, 0.2) is 5.82 Å². The van der Waals surface area contributed by atoms with Crippen molar-refractivity contribution < 1.29 is 0 Å². The van der Waals surface area contributed by atoms with Crippen LogP contribution in [0.5, 0.6) is 0 Å². The van der Waals surface area contributed by atoms with Gasteiger partial charge >= 0.3 is 0 Å². The van der Waals surface area contributed by atoms with Gasteiger partial charge in [-0.2, -0.15) is 5.10 Å². The molecule has 0 fully saturated rings. The van der Waals surface area contributed by atoms with E-state index in [1.807, 2.05) is 6.07 Å². The summed E-state index contributed by atoms with van der Waals surface area (Å²) in [6, 6.07) is 4.09. The van der Waals surface area contributed by atoms with Crippen molar-refractivity contribution in [2.75, 3.05) is 5.43 Å². The first-order valence-electron chi connectivity index (χ1n) is 4.46.